The number of rotatable bonds is 5. The molecule has 1 saturated carbocycles. The third-order valence-corrected chi connectivity index (χ3v) is 2.86. The Morgan fingerprint density at radius 1 is 1.53 bits per heavy atom. The fraction of sp³-hybridized carbons (Fsp3) is 0.583. The summed E-state index contributed by atoms with van der Waals surface area (Å²) in [6.45, 7) is 5.95. The van der Waals surface area contributed by atoms with Crippen molar-refractivity contribution in [2.24, 2.45) is 5.41 Å². The van der Waals surface area contributed by atoms with Crippen LogP contribution in [0.5, 0.6) is 5.75 Å². The summed E-state index contributed by atoms with van der Waals surface area (Å²) in [4.78, 5) is 4.29. The van der Waals surface area contributed by atoms with Gasteiger partial charge in [0.1, 0.15) is 0 Å². The number of hydrogen-bond donors (Lipinski definition) is 1. The third-order valence-electron chi connectivity index (χ3n) is 2.86. The lowest BCUT2D eigenvalue weighted by atomic mass is 10.1. The molecule has 2 rings (SSSR count). The largest absolute Gasteiger partial charge is 0.490 e. The second-order valence-corrected chi connectivity index (χ2v) is 4.45. The Hall–Kier alpha value is -1.25. The fourth-order valence-electron chi connectivity index (χ4n) is 1.48. The summed E-state index contributed by atoms with van der Waals surface area (Å²) in [6.07, 6.45) is 4.42. The molecule has 1 fully saturated rings. The van der Waals surface area contributed by atoms with Gasteiger partial charge in [-0.25, -0.2) is 4.98 Å². The van der Waals surface area contributed by atoms with Crippen LogP contribution in [0.15, 0.2) is 18.3 Å². The normalized spacial score (nSPS) is 17.2. The van der Waals surface area contributed by atoms with Crippen molar-refractivity contribution in [2.45, 2.75) is 26.7 Å². The number of hydrogen-bond acceptors (Lipinski definition) is 3. The molecular weight excluding hydrogens is 188 g/mol. The second-order valence-electron chi connectivity index (χ2n) is 4.45. The Labute approximate surface area is 90.9 Å². The first-order valence-corrected chi connectivity index (χ1v) is 5.55. The van der Waals surface area contributed by atoms with E-state index in [0.29, 0.717) is 12.0 Å². The van der Waals surface area contributed by atoms with Crippen LogP contribution >= 0.6 is 0 Å². The van der Waals surface area contributed by atoms with Gasteiger partial charge < -0.3 is 10.1 Å². The lowest BCUT2D eigenvalue weighted by Gasteiger charge is -2.13. The van der Waals surface area contributed by atoms with Crippen LogP contribution in [0.3, 0.4) is 0 Å². The summed E-state index contributed by atoms with van der Waals surface area (Å²) in [5.41, 5.74) is 0.487. The van der Waals surface area contributed by atoms with E-state index in [-0.39, 0.29) is 0 Å². The second kappa shape index (κ2) is 4.09. The van der Waals surface area contributed by atoms with Gasteiger partial charge in [0, 0.05) is 12.7 Å². The highest BCUT2D eigenvalue weighted by molar-refractivity contribution is 5.49. The monoisotopic (exact) mass is 206 g/mol. The van der Waals surface area contributed by atoms with E-state index in [1.54, 1.807) is 6.20 Å². The van der Waals surface area contributed by atoms with Gasteiger partial charge in [-0.15, -0.1) is 0 Å². The Morgan fingerprint density at radius 3 is 3.00 bits per heavy atom. The summed E-state index contributed by atoms with van der Waals surface area (Å²) >= 11 is 0. The van der Waals surface area contributed by atoms with Crippen molar-refractivity contribution < 1.29 is 4.74 Å². The van der Waals surface area contributed by atoms with Gasteiger partial charge >= 0.3 is 0 Å². The molecule has 1 aromatic rings. The van der Waals surface area contributed by atoms with Crippen molar-refractivity contribution in [3.05, 3.63) is 18.3 Å². The number of nitrogens with zero attached hydrogens (tertiary/aromatic N) is 1. The first-order valence-electron chi connectivity index (χ1n) is 5.55. The van der Waals surface area contributed by atoms with E-state index < -0.39 is 0 Å². The average molecular weight is 206 g/mol. The molecule has 3 heteroatoms. The van der Waals surface area contributed by atoms with Crippen LogP contribution in [0.25, 0.3) is 0 Å². The van der Waals surface area contributed by atoms with E-state index in [9.17, 15) is 0 Å². The lowest BCUT2D eigenvalue weighted by Crippen LogP contribution is -2.13. The molecule has 1 aliphatic carbocycles. The summed E-state index contributed by atoms with van der Waals surface area (Å²) < 4.78 is 5.50. The van der Waals surface area contributed by atoms with E-state index >= 15 is 0 Å². The van der Waals surface area contributed by atoms with Crippen LogP contribution in [-0.4, -0.2) is 18.1 Å². The van der Waals surface area contributed by atoms with Gasteiger partial charge in [0.05, 0.1) is 6.61 Å². The van der Waals surface area contributed by atoms with Gasteiger partial charge in [-0.05, 0) is 37.3 Å². The highest BCUT2D eigenvalue weighted by atomic mass is 16.5. The average Bonchev–Trinajstić information content (AvgIpc) is 2.97. The molecule has 3 nitrogen and oxygen atoms in total. The van der Waals surface area contributed by atoms with Gasteiger partial charge in [0.25, 0.3) is 0 Å². The molecule has 0 amide bonds. The first-order chi connectivity index (χ1) is 7.23. The van der Waals surface area contributed by atoms with Crippen molar-refractivity contribution in [1.29, 1.82) is 0 Å². The highest BCUT2D eigenvalue weighted by Crippen LogP contribution is 2.44. The Morgan fingerprint density at radius 2 is 2.33 bits per heavy atom. The third kappa shape index (κ3) is 2.61. The van der Waals surface area contributed by atoms with Crippen LogP contribution in [0.4, 0.5) is 5.82 Å². The maximum absolute atomic E-state index is 5.50. The SMILES string of the molecule is CCOc1cccnc1NCC1(C)CC1. The zero-order valence-corrected chi connectivity index (χ0v) is 9.42. The Balaban J connectivity index is 1.99. The number of aromatic nitrogens is 1. The zero-order valence-electron chi connectivity index (χ0n) is 9.42. The minimum Gasteiger partial charge on any atom is -0.490 e. The summed E-state index contributed by atoms with van der Waals surface area (Å²) in [5.74, 6) is 1.72. The van der Waals surface area contributed by atoms with Crippen molar-refractivity contribution in [1.82, 2.24) is 4.98 Å². The summed E-state index contributed by atoms with van der Waals surface area (Å²) in [7, 11) is 0. The van der Waals surface area contributed by atoms with Crippen LogP contribution in [0.2, 0.25) is 0 Å². The lowest BCUT2D eigenvalue weighted by molar-refractivity contribution is 0.340. The molecule has 0 radical (unpaired) electrons. The molecule has 0 saturated heterocycles. The van der Waals surface area contributed by atoms with Crippen LogP contribution in [0.1, 0.15) is 26.7 Å². The van der Waals surface area contributed by atoms with E-state index in [4.69, 9.17) is 4.74 Å². The molecule has 0 spiro atoms. The molecule has 0 bridgehead atoms. The van der Waals surface area contributed by atoms with Crippen molar-refractivity contribution >= 4 is 5.82 Å². The van der Waals surface area contributed by atoms with Crippen molar-refractivity contribution in [2.75, 3.05) is 18.5 Å². The number of nitrogens with one attached hydrogen (secondary N) is 1. The van der Waals surface area contributed by atoms with Crippen LogP contribution in [-0.2, 0) is 0 Å². The highest BCUT2D eigenvalue weighted by Gasteiger charge is 2.36. The van der Waals surface area contributed by atoms with E-state index in [2.05, 4.69) is 17.2 Å². The molecule has 15 heavy (non-hydrogen) atoms. The zero-order chi connectivity index (χ0) is 10.7. The van der Waals surface area contributed by atoms with E-state index in [0.717, 1.165) is 18.1 Å². The van der Waals surface area contributed by atoms with Gasteiger partial charge in [-0.1, -0.05) is 6.92 Å². The number of ether oxygens (including phenoxy) is 1. The molecule has 0 aliphatic heterocycles. The molecule has 0 aromatic carbocycles. The first kappa shape index (κ1) is 10.3. The fourth-order valence-corrected chi connectivity index (χ4v) is 1.48. The smallest absolute Gasteiger partial charge is 0.168 e. The molecule has 1 N–H and O–H groups in total. The van der Waals surface area contributed by atoms with E-state index in [1.165, 1.54) is 12.8 Å². The maximum atomic E-state index is 5.50. The van der Waals surface area contributed by atoms with Gasteiger partial charge in [-0.3, -0.25) is 0 Å². The Kier molecular flexibility index (Phi) is 2.80. The van der Waals surface area contributed by atoms with Gasteiger partial charge in [0.15, 0.2) is 11.6 Å². The Bertz CT molecular complexity index is 334. The molecule has 1 aliphatic rings. The molecule has 82 valence electrons. The van der Waals surface area contributed by atoms with Crippen molar-refractivity contribution in [3.63, 3.8) is 0 Å². The van der Waals surface area contributed by atoms with Gasteiger partial charge in [-0.2, -0.15) is 0 Å². The van der Waals surface area contributed by atoms with E-state index in [1.807, 2.05) is 19.1 Å². The number of pyridine rings is 1. The minimum atomic E-state index is 0.487. The minimum absolute atomic E-state index is 0.487. The standard InChI is InChI=1S/C12H18N2O/c1-3-15-10-5-4-8-13-11(10)14-9-12(2)6-7-12/h4-5,8H,3,6-7,9H2,1-2H3,(H,13,14). The van der Waals surface area contributed by atoms with Crippen LogP contribution < -0.4 is 10.1 Å². The topological polar surface area (TPSA) is 34.1 Å². The predicted octanol–water partition coefficient (Wildman–Crippen LogP) is 2.69. The molecule has 1 heterocycles. The predicted molar refractivity (Wildman–Crippen MR) is 61.2 cm³/mol. The summed E-state index contributed by atoms with van der Waals surface area (Å²) in [6, 6.07) is 3.85. The van der Waals surface area contributed by atoms with Gasteiger partial charge in [0.2, 0.25) is 0 Å². The summed E-state index contributed by atoms with van der Waals surface area (Å²) in [5, 5.41) is 3.36. The molecule has 0 unspecified atom stereocenters. The van der Waals surface area contributed by atoms with Crippen LogP contribution in [0, 0.1) is 5.41 Å². The number of anilines is 1. The maximum Gasteiger partial charge on any atom is 0.168 e. The molecule has 0 atom stereocenters. The molecular formula is C12H18N2O. The quantitative estimate of drug-likeness (QED) is 0.804. The molecule has 1 aromatic heterocycles. The van der Waals surface area contributed by atoms with Crippen molar-refractivity contribution in [3.8, 4) is 5.75 Å².